The van der Waals surface area contributed by atoms with Crippen LogP contribution in [0.1, 0.15) is 24.0 Å². The van der Waals surface area contributed by atoms with E-state index in [1.807, 2.05) is 37.3 Å². The van der Waals surface area contributed by atoms with Crippen LogP contribution in [0.25, 0.3) is 0 Å². The molecule has 0 aliphatic heterocycles. The van der Waals surface area contributed by atoms with Crippen molar-refractivity contribution in [2.24, 2.45) is 0 Å². The first kappa shape index (κ1) is 14.5. The molecule has 1 aromatic heterocycles. The number of benzene rings is 1. The average Bonchev–Trinajstić information content (AvgIpc) is 2.83. The van der Waals surface area contributed by atoms with Gasteiger partial charge in [0.15, 0.2) is 0 Å². The zero-order chi connectivity index (χ0) is 14.4. The van der Waals surface area contributed by atoms with Gasteiger partial charge in [-0.3, -0.25) is 0 Å². The second kappa shape index (κ2) is 7.01. The minimum Gasteiger partial charge on any atom is -0.497 e. The maximum Gasteiger partial charge on any atom is 0.146 e. The Morgan fingerprint density at radius 1 is 1.20 bits per heavy atom. The Kier molecular flexibility index (Phi) is 5.07. The molecule has 0 fully saturated rings. The van der Waals surface area contributed by atoms with Gasteiger partial charge in [0.1, 0.15) is 29.6 Å². The monoisotopic (exact) mass is 275 g/mol. The summed E-state index contributed by atoms with van der Waals surface area (Å²) < 4.78 is 16.6. The minimum atomic E-state index is 0.417. The van der Waals surface area contributed by atoms with Gasteiger partial charge in [-0.15, -0.1) is 0 Å². The summed E-state index contributed by atoms with van der Waals surface area (Å²) in [6, 6.07) is 9.59. The van der Waals surface area contributed by atoms with Crippen LogP contribution in [0.2, 0.25) is 0 Å². The fourth-order valence-electron chi connectivity index (χ4n) is 1.94. The number of rotatable bonds is 7. The fourth-order valence-corrected chi connectivity index (χ4v) is 1.94. The second-order valence-corrected chi connectivity index (χ2v) is 4.54. The lowest BCUT2D eigenvalue weighted by molar-refractivity contribution is 0.266. The molecular formula is C16H21NO3. The van der Waals surface area contributed by atoms with Crippen LogP contribution in [0.4, 0.5) is 0 Å². The lowest BCUT2D eigenvalue weighted by Gasteiger charge is -2.05. The lowest BCUT2D eigenvalue weighted by Crippen LogP contribution is -2.11. The van der Waals surface area contributed by atoms with E-state index in [2.05, 4.69) is 12.2 Å². The molecule has 0 spiro atoms. The first-order valence-corrected chi connectivity index (χ1v) is 6.78. The Bertz CT molecular complexity index is 548. The zero-order valence-electron chi connectivity index (χ0n) is 12.2. The summed E-state index contributed by atoms with van der Waals surface area (Å²) in [5.41, 5.74) is 1.18. The third-order valence-corrected chi connectivity index (χ3v) is 3.06. The fraction of sp³-hybridized carbons (Fsp3) is 0.375. The number of hydrogen-bond acceptors (Lipinski definition) is 4. The van der Waals surface area contributed by atoms with Gasteiger partial charge in [0.05, 0.1) is 7.11 Å². The summed E-state index contributed by atoms with van der Waals surface area (Å²) >= 11 is 0. The molecule has 0 bridgehead atoms. The molecule has 0 radical (unpaired) electrons. The maximum absolute atomic E-state index is 5.71. The van der Waals surface area contributed by atoms with Crippen molar-refractivity contribution in [1.82, 2.24) is 5.32 Å². The molecule has 108 valence electrons. The molecule has 2 rings (SSSR count). The lowest BCUT2D eigenvalue weighted by atomic mass is 10.2. The highest BCUT2D eigenvalue weighted by Gasteiger charge is 2.07. The van der Waals surface area contributed by atoms with Crippen LogP contribution in [-0.4, -0.2) is 13.7 Å². The van der Waals surface area contributed by atoms with Crippen molar-refractivity contribution in [2.75, 3.05) is 13.7 Å². The SMILES string of the molecule is CCNCc1cc(COc2cccc(OC)c2)oc1C. The third kappa shape index (κ3) is 3.78. The van der Waals surface area contributed by atoms with Gasteiger partial charge in [-0.05, 0) is 31.7 Å². The highest BCUT2D eigenvalue weighted by atomic mass is 16.5. The largest absolute Gasteiger partial charge is 0.497 e. The quantitative estimate of drug-likeness (QED) is 0.842. The second-order valence-electron chi connectivity index (χ2n) is 4.54. The van der Waals surface area contributed by atoms with E-state index >= 15 is 0 Å². The van der Waals surface area contributed by atoms with Gasteiger partial charge >= 0.3 is 0 Å². The zero-order valence-corrected chi connectivity index (χ0v) is 12.2. The van der Waals surface area contributed by atoms with E-state index in [0.717, 1.165) is 36.1 Å². The molecule has 0 saturated carbocycles. The molecule has 20 heavy (non-hydrogen) atoms. The van der Waals surface area contributed by atoms with Crippen molar-refractivity contribution in [2.45, 2.75) is 27.0 Å². The van der Waals surface area contributed by atoms with Crippen LogP contribution >= 0.6 is 0 Å². The summed E-state index contributed by atoms with van der Waals surface area (Å²) in [5.74, 6) is 3.33. The Balaban J connectivity index is 1.96. The van der Waals surface area contributed by atoms with Crippen molar-refractivity contribution < 1.29 is 13.9 Å². The van der Waals surface area contributed by atoms with Crippen LogP contribution in [0.5, 0.6) is 11.5 Å². The molecule has 0 atom stereocenters. The summed E-state index contributed by atoms with van der Waals surface area (Å²) in [5, 5.41) is 3.29. The number of hydrogen-bond donors (Lipinski definition) is 1. The summed E-state index contributed by atoms with van der Waals surface area (Å²) in [7, 11) is 1.64. The summed E-state index contributed by atoms with van der Waals surface area (Å²) in [4.78, 5) is 0. The van der Waals surface area contributed by atoms with E-state index in [1.54, 1.807) is 7.11 Å². The van der Waals surface area contributed by atoms with Gasteiger partial charge in [0.25, 0.3) is 0 Å². The van der Waals surface area contributed by atoms with Crippen LogP contribution in [0, 0.1) is 6.92 Å². The molecule has 4 nitrogen and oxygen atoms in total. The standard InChI is InChI=1S/C16H21NO3/c1-4-17-10-13-8-16(20-12(13)2)11-19-15-7-5-6-14(9-15)18-3/h5-9,17H,4,10-11H2,1-3H3. The van der Waals surface area contributed by atoms with Crippen LogP contribution in [0.15, 0.2) is 34.7 Å². The average molecular weight is 275 g/mol. The predicted molar refractivity (Wildman–Crippen MR) is 78.2 cm³/mol. The number of ether oxygens (including phenoxy) is 2. The molecule has 0 amide bonds. The Morgan fingerprint density at radius 2 is 2.00 bits per heavy atom. The predicted octanol–water partition coefficient (Wildman–Crippen LogP) is 3.29. The summed E-state index contributed by atoms with van der Waals surface area (Å²) in [6.07, 6.45) is 0. The van der Waals surface area contributed by atoms with Gasteiger partial charge in [-0.1, -0.05) is 13.0 Å². The number of furan rings is 1. The number of methoxy groups -OCH3 is 1. The first-order chi connectivity index (χ1) is 9.72. The van der Waals surface area contributed by atoms with Crippen molar-refractivity contribution in [3.8, 4) is 11.5 Å². The van der Waals surface area contributed by atoms with Crippen molar-refractivity contribution in [1.29, 1.82) is 0 Å². The van der Waals surface area contributed by atoms with Gasteiger partial charge in [0, 0.05) is 18.2 Å². The first-order valence-electron chi connectivity index (χ1n) is 6.78. The topological polar surface area (TPSA) is 43.6 Å². The Labute approximate surface area is 119 Å². The minimum absolute atomic E-state index is 0.417. The van der Waals surface area contributed by atoms with E-state index in [-0.39, 0.29) is 0 Å². The molecule has 2 aromatic rings. The molecule has 0 aliphatic rings. The Hall–Kier alpha value is -1.94. The molecular weight excluding hydrogens is 254 g/mol. The maximum atomic E-state index is 5.71. The van der Waals surface area contributed by atoms with Gasteiger partial charge in [-0.25, -0.2) is 0 Å². The van der Waals surface area contributed by atoms with Crippen molar-refractivity contribution in [3.05, 3.63) is 47.4 Å². The smallest absolute Gasteiger partial charge is 0.146 e. The molecule has 4 heteroatoms. The van der Waals surface area contributed by atoms with Crippen molar-refractivity contribution in [3.63, 3.8) is 0 Å². The van der Waals surface area contributed by atoms with E-state index in [4.69, 9.17) is 13.9 Å². The highest BCUT2D eigenvalue weighted by Crippen LogP contribution is 2.21. The summed E-state index contributed by atoms with van der Waals surface area (Å²) in [6.45, 7) is 6.25. The Morgan fingerprint density at radius 3 is 2.75 bits per heavy atom. The number of aryl methyl sites for hydroxylation is 1. The van der Waals surface area contributed by atoms with Crippen molar-refractivity contribution >= 4 is 0 Å². The molecule has 1 aromatic carbocycles. The molecule has 1 N–H and O–H groups in total. The highest BCUT2D eigenvalue weighted by molar-refractivity contribution is 5.33. The van der Waals surface area contributed by atoms with E-state index in [9.17, 15) is 0 Å². The van der Waals surface area contributed by atoms with Crippen LogP contribution in [-0.2, 0) is 13.2 Å². The van der Waals surface area contributed by atoms with Crippen LogP contribution in [0.3, 0.4) is 0 Å². The van der Waals surface area contributed by atoms with Crippen LogP contribution < -0.4 is 14.8 Å². The molecule has 0 unspecified atom stereocenters. The molecule has 0 aliphatic carbocycles. The number of nitrogens with one attached hydrogen (secondary N) is 1. The van der Waals surface area contributed by atoms with Gasteiger partial charge in [0.2, 0.25) is 0 Å². The van der Waals surface area contributed by atoms with Gasteiger partial charge < -0.3 is 19.2 Å². The van der Waals surface area contributed by atoms with E-state index < -0.39 is 0 Å². The third-order valence-electron chi connectivity index (χ3n) is 3.06. The van der Waals surface area contributed by atoms with Gasteiger partial charge in [-0.2, -0.15) is 0 Å². The molecule has 0 saturated heterocycles. The molecule has 1 heterocycles. The van der Waals surface area contributed by atoms with E-state index in [0.29, 0.717) is 6.61 Å². The van der Waals surface area contributed by atoms with E-state index in [1.165, 1.54) is 5.56 Å². The normalized spacial score (nSPS) is 10.6.